The number of carbonyl (C=O) groups excluding carboxylic acids is 2. The summed E-state index contributed by atoms with van der Waals surface area (Å²) in [6.07, 6.45) is -0.426. The van der Waals surface area contributed by atoms with Crippen molar-refractivity contribution in [2.75, 3.05) is 10.6 Å². The molecule has 0 aromatic carbocycles. The first-order valence-corrected chi connectivity index (χ1v) is 11.2. The Labute approximate surface area is 200 Å². The van der Waals surface area contributed by atoms with Gasteiger partial charge in [0.2, 0.25) is 5.91 Å². The maximum Gasteiger partial charge on any atom is 0.436 e. The summed E-state index contributed by atoms with van der Waals surface area (Å²) in [6.45, 7) is 3.24. The number of aromatic nitrogens is 6. The minimum atomic E-state index is -4.66. The minimum Gasteiger partial charge on any atom is -0.321 e. The van der Waals surface area contributed by atoms with Gasteiger partial charge in [-0.25, -0.2) is 0 Å². The Bertz CT molecular complexity index is 1270. The van der Waals surface area contributed by atoms with Crippen molar-refractivity contribution in [1.29, 1.82) is 0 Å². The van der Waals surface area contributed by atoms with E-state index in [4.69, 9.17) is 0 Å². The lowest BCUT2D eigenvalue weighted by atomic mass is 10.2. The van der Waals surface area contributed by atoms with E-state index in [0.29, 0.717) is 11.4 Å². The molecule has 0 saturated heterocycles. The fourth-order valence-corrected chi connectivity index (χ4v) is 4.39. The fourth-order valence-electron chi connectivity index (χ4n) is 3.58. The van der Waals surface area contributed by atoms with Gasteiger partial charge in [0.25, 0.3) is 5.91 Å². The van der Waals surface area contributed by atoms with Gasteiger partial charge >= 0.3 is 6.18 Å². The molecule has 2 N–H and O–H groups in total. The van der Waals surface area contributed by atoms with Crippen LogP contribution in [0.2, 0.25) is 0 Å². The minimum absolute atomic E-state index is 0.0730. The van der Waals surface area contributed by atoms with Crippen molar-refractivity contribution in [3.05, 3.63) is 39.6 Å². The zero-order valence-corrected chi connectivity index (χ0v) is 20.3. The van der Waals surface area contributed by atoms with Crippen LogP contribution in [0.15, 0.2) is 16.9 Å². The number of nitrogens with one attached hydrogen (secondary N) is 2. The van der Waals surface area contributed by atoms with E-state index in [1.54, 1.807) is 18.7 Å². The van der Waals surface area contributed by atoms with Crippen molar-refractivity contribution in [1.82, 2.24) is 29.3 Å². The van der Waals surface area contributed by atoms with Crippen LogP contribution < -0.4 is 10.6 Å². The number of rotatable bonds is 6. The summed E-state index contributed by atoms with van der Waals surface area (Å²) < 4.78 is 44.1. The number of hydrogen-bond donors (Lipinski definition) is 2. The maximum atomic E-state index is 13.4. The van der Waals surface area contributed by atoms with Crippen LogP contribution in [-0.2, 0) is 25.1 Å². The van der Waals surface area contributed by atoms with Crippen molar-refractivity contribution in [3.63, 3.8) is 0 Å². The van der Waals surface area contributed by atoms with Crippen LogP contribution >= 0.6 is 15.9 Å². The van der Waals surface area contributed by atoms with Gasteiger partial charge in [0.1, 0.15) is 11.7 Å². The van der Waals surface area contributed by atoms with E-state index in [0.717, 1.165) is 23.2 Å². The Morgan fingerprint density at radius 1 is 1.12 bits per heavy atom. The lowest BCUT2D eigenvalue weighted by molar-refractivity contribution is -0.142. The SMILES string of the molecule is Cc1c(NC(=O)c2c(NC(=O)C(C)n3nc(C(F)(F)F)c(Br)c3C3CC3)cnn2C)cnn1C. The van der Waals surface area contributed by atoms with Crippen LogP contribution in [0.3, 0.4) is 0 Å². The highest BCUT2D eigenvalue weighted by atomic mass is 79.9. The van der Waals surface area contributed by atoms with E-state index < -0.39 is 29.7 Å². The summed E-state index contributed by atoms with van der Waals surface area (Å²) in [5.74, 6) is -1.26. The molecule has 0 bridgehead atoms. The second-order valence-electron chi connectivity index (χ2n) is 8.18. The number of hydrogen-bond acceptors (Lipinski definition) is 5. The number of nitrogens with zero attached hydrogens (tertiary/aromatic N) is 6. The molecule has 3 heterocycles. The molecule has 1 fully saturated rings. The number of halogens is 4. The first kappa shape index (κ1) is 24.0. The Kier molecular flexibility index (Phi) is 6.04. The first-order valence-electron chi connectivity index (χ1n) is 10.4. The van der Waals surface area contributed by atoms with Crippen LogP contribution in [0.1, 0.15) is 59.3 Å². The molecular weight excluding hydrogens is 521 g/mol. The van der Waals surface area contributed by atoms with E-state index >= 15 is 0 Å². The summed E-state index contributed by atoms with van der Waals surface area (Å²) in [5.41, 5.74) is 0.688. The van der Waals surface area contributed by atoms with Gasteiger partial charge in [0.05, 0.1) is 39.6 Å². The van der Waals surface area contributed by atoms with Crippen molar-refractivity contribution >= 4 is 39.1 Å². The first-order chi connectivity index (χ1) is 15.9. The molecule has 1 aliphatic rings. The summed E-state index contributed by atoms with van der Waals surface area (Å²) >= 11 is 3.03. The van der Waals surface area contributed by atoms with Crippen molar-refractivity contribution < 1.29 is 22.8 Å². The molecule has 182 valence electrons. The average molecular weight is 543 g/mol. The highest BCUT2D eigenvalue weighted by molar-refractivity contribution is 9.10. The molecule has 14 heteroatoms. The van der Waals surface area contributed by atoms with E-state index in [-0.39, 0.29) is 21.8 Å². The Balaban J connectivity index is 1.59. The zero-order valence-electron chi connectivity index (χ0n) is 18.7. The number of aryl methyl sites for hydroxylation is 2. The molecule has 3 aromatic heterocycles. The predicted molar refractivity (Wildman–Crippen MR) is 119 cm³/mol. The Hall–Kier alpha value is -3.16. The van der Waals surface area contributed by atoms with Gasteiger partial charge in [-0.2, -0.15) is 28.5 Å². The molecule has 1 aliphatic carbocycles. The molecule has 1 unspecified atom stereocenters. The van der Waals surface area contributed by atoms with E-state index in [2.05, 4.69) is 41.9 Å². The third-order valence-electron chi connectivity index (χ3n) is 5.76. The summed E-state index contributed by atoms with van der Waals surface area (Å²) in [4.78, 5) is 25.9. The third kappa shape index (κ3) is 4.33. The molecule has 0 spiro atoms. The highest BCUT2D eigenvalue weighted by Gasteiger charge is 2.43. The number of anilines is 2. The van der Waals surface area contributed by atoms with Gasteiger partial charge in [-0.1, -0.05) is 0 Å². The largest absolute Gasteiger partial charge is 0.436 e. The van der Waals surface area contributed by atoms with E-state index in [9.17, 15) is 22.8 Å². The highest BCUT2D eigenvalue weighted by Crippen LogP contribution is 2.47. The van der Waals surface area contributed by atoms with Crippen LogP contribution in [0.4, 0.5) is 24.5 Å². The topological polar surface area (TPSA) is 112 Å². The predicted octanol–water partition coefficient (Wildman–Crippen LogP) is 3.77. The van der Waals surface area contributed by atoms with Crippen LogP contribution in [0, 0.1) is 6.92 Å². The van der Waals surface area contributed by atoms with Gasteiger partial charge in [0, 0.05) is 20.0 Å². The van der Waals surface area contributed by atoms with Gasteiger partial charge in [-0.15, -0.1) is 0 Å². The van der Waals surface area contributed by atoms with Crippen LogP contribution in [0.25, 0.3) is 0 Å². The molecule has 0 aliphatic heterocycles. The van der Waals surface area contributed by atoms with E-state index in [1.165, 1.54) is 31.0 Å². The monoisotopic (exact) mass is 542 g/mol. The fraction of sp³-hybridized carbons (Fsp3) is 0.450. The van der Waals surface area contributed by atoms with Crippen molar-refractivity contribution in [3.8, 4) is 0 Å². The van der Waals surface area contributed by atoms with Crippen molar-refractivity contribution in [2.45, 2.75) is 44.8 Å². The standard InChI is InChI=1S/C20H22BrF3N8O2/c1-9-12(7-25-30(9)3)27-19(34)16-13(8-26-31(16)4)28-18(33)10(2)32-15(11-5-6-11)14(21)17(29-32)20(22,23)24/h7-8,10-11H,5-6H2,1-4H3,(H,27,34)(H,28,33). The van der Waals surface area contributed by atoms with E-state index in [1.807, 2.05) is 0 Å². The molecule has 2 amide bonds. The Morgan fingerprint density at radius 2 is 1.74 bits per heavy atom. The number of alkyl halides is 3. The second kappa shape index (κ2) is 8.56. The smallest absolute Gasteiger partial charge is 0.321 e. The molecule has 0 radical (unpaired) electrons. The van der Waals surface area contributed by atoms with Crippen LogP contribution in [-0.4, -0.2) is 41.2 Å². The quantitative estimate of drug-likeness (QED) is 0.492. The van der Waals surface area contributed by atoms with Gasteiger partial charge < -0.3 is 10.6 Å². The van der Waals surface area contributed by atoms with Crippen molar-refractivity contribution in [2.24, 2.45) is 14.1 Å². The Morgan fingerprint density at radius 3 is 2.29 bits per heavy atom. The molecule has 1 atom stereocenters. The second-order valence-corrected chi connectivity index (χ2v) is 8.97. The zero-order chi connectivity index (χ0) is 24.9. The number of carbonyl (C=O) groups is 2. The maximum absolute atomic E-state index is 13.4. The molecule has 3 aromatic rings. The molecule has 34 heavy (non-hydrogen) atoms. The van der Waals surface area contributed by atoms with Gasteiger partial charge in [-0.05, 0) is 42.6 Å². The third-order valence-corrected chi connectivity index (χ3v) is 6.54. The molecule has 10 nitrogen and oxygen atoms in total. The van der Waals surface area contributed by atoms with Crippen LogP contribution in [0.5, 0.6) is 0 Å². The summed E-state index contributed by atoms with van der Waals surface area (Å²) in [6, 6.07) is -1.07. The molecule has 4 rings (SSSR count). The number of amides is 2. The molecule has 1 saturated carbocycles. The summed E-state index contributed by atoms with van der Waals surface area (Å²) in [5, 5.41) is 17.2. The van der Waals surface area contributed by atoms with Gasteiger partial charge in [0.15, 0.2) is 5.69 Å². The lowest BCUT2D eigenvalue weighted by Gasteiger charge is -2.16. The summed E-state index contributed by atoms with van der Waals surface area (Å²) in [7, 11) is 3.27. The van der Waals surface area contributed by atoms with Gasteiger partial charge in [-0.3, -0.25) is 23.6 Å². The average Bonchev–Trinajstić information content (AvgIpc) is 3.34. The lowest BCUT2D eigenvalue weighted by Crippen LogP contribution is -2.27. The normalized spacial score (nSPS) is 14.8. The molecular formula is C20H22BrF3N8O2.